The van der Waals surface area contributed by atoms with Gasteiger partial charge in [-0.2, -0.15) is 0 Å². The Labute approximate surface area is 126 Å². The molecule has 1 aliphatic rings. The number of hydrogen-bond acceptors (Lipinski definition) is 5. The number of rotatable bonds is 5. The lowest BCUT2D eigenvalue weighted by atomic mass is 9.66. The molecule has 0 radical (unpaired) electrons. The average molecular weight is 295 g/mol. The summed E-state index contributed by atoms with van der Waals surface area (Å²) in [5, 5.41) is 0. The molecular formula is C16H25NO4. The van der Waals surface area contributed by atoms with Gasteiger partial charge in [0, 0.05) is 26.2 Å². The molecule has 21 heavy (non-hydrogen) atoms. The van der Waals surface area contributed by atoms with Gasteiger partial charge in [0.1, 0.15) is 5.92 Å². The van der Waals surface area contributed by atoms with Crippen LogP contribution in [0.3, 0.4) is 0 Å². The van der Waals surface area contributed by atoms with Gasteiger partial charge in [0.15, 0.2) is 11.6 Å². The van der Waals surface area contributed by atoms with E-state index >= 15 is 0 Å². The van der Waals surface area contributed by atoms with Crippen molar-refractivity contribution in [1.29, 1.82) is 0 Å². The smallest absolute Gasteiger partial charge is 0.317 e. The maximum atomic E-state index is 12.8. The number of hydrogen-bond donors (Lipinski definition) is 0. The number of carbonyl (C=O) groups is 3. The normalized spacial score (nSPS) is 21.2. The Morgan fingerprint density at radius 2 is 1.90 bits per heavy atom. The zero-order valence-electron chi connectivity index (χ0n) is 13.8. The molecule has 1 atom stereocenters. The van der Waals surface area contributed by atoms with Crippen molar-refractivity contribution in [2.75, 3.05) is 21.2 Å². The van der Waals surface area contributed by atoms with Crippen molar-refractivity contribution >= 4 is 17.5 Å². The highest BCUT2D eigenvalue weighted by atomic mass is 16.5. The van der Waals surface area contributed by atoms with Crippen LogP contribution in [0.5, 0.6) is 0 Å². The number of methoxy groups -OCH3 is 1. The number of Topliss-reactive ketones (excluding diaryl/α,β-unsaturated/α-hetero) is 2. The molecule has 1 aliphatic carbocycles. The van der Waals surface area contributed by atoms with Crippen LogP contribution in [0.15, 0.2) is 11.3 Å². The van der Waals surface area contributed by atoms with Crippen molar-refractivity contribution < 1.29 is 19.1 Å². The minimum Gasteiger partial charge on any atom is -0.468 e. The summed E-state index contributed by atoms with van der Waals surface area (Å²) in [5.74, 6) is -2.07. The van der Waals surface area contributed by atoms with E-state index < -0.39 is 23.1 Å². The van der Waals surface area contributed by atoms with E-state index in [1.165, 1.54) is 7.11 Å². The van der Waals surface area contributed by atoms with Crippen molar-refractivity contribution in [1.82, 2.24) is 4.90 Å². The van der Waals surface area contributed by atoms with Gasteiger partial charge < -0.3 is 9.64 Å². The zero-order valence-corrected chi connectivity index (χ0v) is 13.8. The third-order valence-corrected chi connectivity index (χ3v) is 3.93. The summed E-state index contributed by atoms with van der Waals surface area (Å²) in [4.78, 5) is 38.9. The van der Waals surface area contributed by atoms with E-state index in [0.717, 1.165) is 0 Å². The first-order valence-corrected chi connectivity index (χ1v) is 7.23. The highest BCUT2D eigenvalue weighted by molar-refractivity contribution is 6.25. The van der Waals surface area contributed by atoms with Crippen LogP contribution in [-0.2, 0) is 19.1 Å². The number of allylic oxidation sites excluding steroid dienone is 2. The highest BCUT2D eigenvalue weighted by Gasteiger charge is 2.49. The van der Waals surface area contributed by atoms with Gasteiger partial charge >= 0.3 is 5.97 Å². The van der Waals surface area contributed by atoms with E-state index in [9.17, 15) is 14.4 Å². The lowest BCUT2D eigenvalue weighted by molar-refractivity contribution is -0.154. The Morgan fingerprint density at radius 1 is 1.33 bits per heavy atom. The molecule has 0 fully saturated rings. The van der Waals surface area contributed by atoms with Crippen LogP contribution in [0.4, 0.5) is 0 Å². The van der Waals surface area contributed by atoms with Crippen molar-refractivity contribution in [3.63, 3.8) is 0 Å². The molecule has 0 N–H and O–H groups in total. The second-order valence-corrected chi connectivity index (χ2v) is 6.38. The first-order valence-electron chi connectivity index (χ1n) is 7.23. The number of nitrogens with zero attached hydrogens (tertiary/aromatic N) is 1. The van der Waals surface area contributed by atoms with Crippen LogP contribution in [0.25, 0.3) is 0 Å². The first-order chi connectivity index (χ1) is 9.67. The van der Waals surface area contributed by atoms with Crippen LogP contribution >= 0.6 is 0 Å². The molecule has 5 nitrogen and oxygen atoms in total. The van der Waals surface area contributed by atoms with Gasteiger partial charge in [-0.1, -0.05) is 20.8 Å². The molecule has 0 aromatic carbocycles. The monoisotopic (exact) mass is 295 g/mol. The fourth-order valence-corrected chi connectivity index (χ4v) is 2.84. The fraction of sp³-hybridized carbons (Fsp3) is 0.688. The van der Waals surface area contributed by atoms with Crippen molar-refractivity contribution in [2.45, 2.75) is 40.0 Å². The predicted molar refractivity (Wildman–Crippen MR) is 79.5 cm³/mol. The van der Waals surface area contributed by atoms with Gasteiger partial charge in [-0.25, -0.2) is 0 Å². The molecule has 1 unspecified atom stereocenters. The maximum Gasteiger partial charge on any atom is 0.317 e. The Bertz CT molecular complexity index is 489. The molecule has 0 aromatic heterocycles. The standard InChI is InChI=1S/C16H25NO4/c1-7-8-11(18)12-10(17(4)5)9-16(2,3)13(14(12)19)15(20)21-6/h13H,7-9H2,1-6H3. The van der Waals surface area contributed by atoms with Gasteiger partial charge in [-0.3, -0.25) is 14.4 Å². The number of esters is 1. The zero-order chi connectivity index (χ0) is 16.4. The van der Waals surface area contributed by atoms with Crippen molar-refractivity contribution in [2.24, 2.45) is 11.3 Å². The highest BCUT2D eigenvalue weighted by Crippen LogP contribution is 2.43. The largest absolute Gasteiger partial charge is 0.468 e. The number of ketones is 2. The number of ether oxygens (including phenoxy) is 1. The molecule has 0 saturated carbocycles. The van der Waals surface area contributed by atoms with Crippen molar-refractivity contribution in [3.8, 4) is 0 Å². The summed E-state index contributed by atoms with van der Waals surface area (Å²) >= 11 is 0. The summed E-state index contributed by atoms with van der Waals surface area (Å²) in [6.45, 7) is 5.61. The fourth-order valence-electron chi connectivity index (χ4n) is 2.84. The molecule has 0 aromatic rings. The molecule has 5 heteroatoms. The Morgan fingerprint density at radius 3 is 2.33 bits per heavy atom. The van der Waals surface area contributed by atoms with Crippen molar-refractivity contribution in [3.05, 3.63) is 11.3 Å². The van der Waals surface area contributed by atoms with Crippen LogP contribution in [-0.4, -0.2) is 43.6 Å². The third-order valence-electron chi connectivity index (χ3n) is 3.93. The Kier molecular flexibility index (Phi) is 5.31. The second kappa shape index (κ2) is 6.41. The third kappa shape index (κ3) is 3.34. The average Bonchev–Trinajstić information content (AvgIpc) is 2.36. The van der Waals surface area contributed by atoms with E-state index in [-0.39, 0.29) is 11.4 Å². The maximum absolute atomic E-state index is 12.8. The summed E-state index contributed by atoms with van der Waals surface area (Å²) in [7, 11) is 4.90. The molecule has 0 bridgehead atoms. The van der Waals surface area contributed by atoms with Crippen LogP contribution in [0, 0.1) is 11.3 Å². The van der Waals surface area contributed by atoms with Crippen LogP contribution in [0.1, 0.15) is 40.0 Å². The minimum atomic E-state index is -0.915. The SMILES string of the molecule is CCCC(=O)C1=C(N(C)C)CC(C)(C)C(C(=O)OC)C1=O. The second-order valence-electron chi connectivity index (χ2n) is 6.38. The van der Waals surface area contributed by atoms with E-state index in [1.807, 2.05) is 34.9 Å². The van der Waals surface area contributed by atoms with E-state index in [4.69, 9.17) is 4.74 Å². The summed E-state index contributed by atoms with van der Waals surface area (Å²) in [6.07, 6.45) is 1.48. The van der Waals surface area contributed by atoms with E-state index in [2.05, 4.69) is 0 Å². The molecular weight excluding hydrogens is 270 g/mol. The van der Waals surface area contributed by atoms with Crippen LogP contribution < -0.4 is 0 Å². The van der Waals surface area contributed by atoms with E-state index in [0.29, 0.717) is 25.0 Å². The van der Waals surface area contributed by atoms with Gasteiger partial charge in [-0.15, -0.1) is 0 Å². The van der Waals surface area contributed by atoms with Gasteiger partial charge in [0.05, 0.1) is 12.7 Å². The predicted octanol–water partition coefficient (Wildman–Crippen LogP) is 1.96. The Balaban J connectivity index is 3.41. The molecule has 0 amide bonds. The molecule has 0 aliphatic heterocycles. The summed E-state index contributed by atoms with van der Waals surface area (Å²) in [6, 6.07) is 0. The summed E-state index contributed by atoms with van der Waals surface area (Å²) in [5.41, 5.74) is 0.319. The first kappa shape index (κ1) is 17.4. The number of carbonyl (C=O) groups excluding carboxylic acids is 3. The molecule has 0 saturated heterocycles. The Hall–Kier alpha value is -1.65. The lowest BCUT2D eigenvalue weighted by Gasteiger charge is -2.39. The topological polar surface area (TPSA) is 63.7 Å². The molecule has 0 spiro atoms. The van der Waals surface area contributed by atoms with Crippen LogP contribution in [0.2, 0.25) is 0 Å². The molecule has 1 rings (SSSR count). The van der Waals surface area contributed by atoms with Gasteiger partial charge in [0.2, 0.25) is 0 Å². The lowest BCUT2D eigenvalue weighted by Crippen LogP contribution is -2.46. The van der Waals surface area contributed by atoms with Gasteiger partial charge in [-0.05, 0) is 18.3 Å². The molecule has 0 heterocycles. The van der Waals surface area contributed by atoms with Gasteiger partial charge in [0.25, 0.3) is 0 Å². The quantitative estimate of drug-likeness (QED) is 0.441. The summed E-state index contributed by atoms with van der Waals surface area (Å²) < 4.78 is 4.77. The van der Waals surface area contributed by atoms with E-state index in [1.54, 1.807) is 4.90 Å². The minimum absolute atomic E-state index is 0.177. The molecule has 118 valence electrons.